The van der Waals surface area contributed by atoms with Gasteiger partial charge in [0.2, 0.25) is 5.91 Å². The third kappa shape index (κ3) is 5.82. The number of carbonyl (C=O) groups excluding carboxylic acids is 2. The van der Waals surface area contributed by atoms with Crippen molar-refractivity contribution in [1.82, 2.24) is 15.1 Å². The first-order valence-electron chi connectivity index (χ1n) is 9.04. The minimum absolute atomic E-state index is 0.0604. The summed E-state index contributed by atoms with van der Waals surface area (Å²) < 4.78 is 8.08. The van der Waals surface area contributed by atoms with Crippen molar-refractivity contribution in [3.63, 3.8) is 0 Å². The molecule has 1 aromatic carbocycles. The van der Waals surface area contributed by atoms with E-state index in [4.69, 9.17) is 4.74 Å². The monoisotopic (exact) mass is 434 g/mol. The summed E-state index contributed by atoms with van der Waals surface area (Å²) >= 11 is 3.36. The van der Waals surface area contributed by atoms with Crippen molar-refractivity contribution in [3.05, 3.63) is 41.1 Å². The van der Waals surface area contributed by atoms with Crippen LogP contribution in [-0.2, 0) is 16.1 Å². The molecule has 0 aliphatic heterocycles. The number of aromatic nitrogens is 2. The minimum atomic E-state index is -0.666. The summed E-state index contributed by atoms with van der Waals surface area (Å²) in [5, 5.41) is 9.90. The quantitative estimate of drug-likeness (QED) is 0.700. The summed E-state index contributed by atoms with van der Waals surface area (Å²) in [5.41, 5.74) is 0.528. The first kappa shape index (κ1) is 19.4. The predicted octanol–water partition coefficient (Wildman–Crippen LogP) is 3.11. The molecular weight excluding hydrogens is 412 g/mol. The minimum Gasteiger partial charge on any atom is -0.481 e. The molecule has 1 unspecified atom stereocenters. The Labute approximate surface area is 166 Å². The van der Waals surface area contributed by atoms with E-state index in [0.717, 1.165) is 17.3 Å². The van der Waals surface area contributed by atoms with Crippen LogP contribution in [0.1, 0.15) is 32.6 Å². The van der Waals surface area contributed by atoms with Crippen molar-refractivity contribution in [2.75, 3.05) is 5.32 Å². The van der Waals surface area contributed by atoms with Gasteiger partial charge in [0.05, 0.1) is 11.9 Å². The molecule has 27 heavy (non-hydrogen) atoms. The maximum absolute atomic E-state index is 12.3. The number of hydrogen-bond acceptors (Lipinski definition) is 4. The van der Waals surface area contributed by atoms with Gasteiger partial charge < -0.3 is 15.4 Å². The number of anilines is 1. The lowest BCUT2D eigenvalue weighted by Crippen LogP contribution is -2.35. The van der Waals surface area contributed by atoms with Crippen LogP contribution in [0.25, 0.3) is 0 Å². The van der Waals surface area contributed by atoms with E-state index in [-0.39, 0.29) is 24.4 Å². The van der Waals surface area contributed by atoms with Crippen LogP contribution in [0.4, 0.5) is 5.69 Å². The molecule has 8 heteroatoms. The smallest absolute Gasteiger partial charge is 0.265 e. The van der Waals surface area contributed by atoms with E-state index in [1.165, 1.54) is 23.7 Å². The maximum atomic E-state index is 12.3. The van der Waals surface area contributed by atoms with Crippen LogP contribution in [0.2, 0.25) is 0 Å². The standard InChI is InChI=1S/C19H23BrN4O3/c1-13(27-17-8-6-14(20)7-9-17)19(26)23-16-10-21-24(11-16)12-18(25)22-15-4-2-3-5-15/h6-11,13,15H,2-5,12H2,1H3,(H,22,25)(H,23,26). The molecule has 1 heterocycles. The molecule has 2 N–H and O–H groups in total. The molecule has 1 aliphatic rings. The average molecular weight is 435 g/mol. The molecule has 0 bridgehead atoms. The van der Waals surface area contributed by atoms with Crippen molar-refractivity contribution < 1.29 is 14.3 Å². The summed E-state index contributed by atoms with van der Waals surface area (Å²) in [6.45, 7) is 1.81. The summed E-state index contributed by atoms with van der Waals surface area (Å²) in [5.74, 6) is 0.267. The van der Waals surface area contributed by atoms with Crippen molar-refractivity contribution >= 4 is 33.4 Å². The van der Waals surface area contributed by atoms with Crippen LogP contribution in [0.3, 0.4) is 0 Å². The van der Waals surface area contributed by atoms with E-state index in [1.807, 2.05) is 12.1 Å². The molecule has 7 nitrogen and oxygen atoms in total. The molecule has 1 fully saturated rings. The second kappa shape index (κ2) is 9.03. The highest BCUT2D eigenvalue weighted by Gasteiger charge is 2.18. The zero-order valence-corrected chi connectivity index (χ0v) is 16.7. The highest BCUT2D eigenvalue weighted by Crippen LogP contribution is 2.18. The molecule has 2 amide bonds. The molecule has 2 aromatic rings. The van der Waals surface area contributed by atoms with Gasteiger partial charge in [-0.15, -0.1) is 0 Å². The molecule has 1 saturated carbocycles. The first-order valence-corrected chi connectivity index (χ1v) is 9.84. The topological polar surface area (TPSA) is 85.2 Å². The fourth-order valence-corrected chi connectivity index (χ4v) is 3.28. The van der Waals surface area contributed by atoms with Crippen LogP contribution < -0.4 is 15.4 Å². The highest BCUT2D eigenvalue weighted by atomic mass is 79.9. The van der Waals surface area contributed by atoms with Gasteiger partial charge in [-0.3, -0.25) is 14.3 Å². The number of nitrogens with one attached hydrogen (secondary N) is 2. The fourth-order valence-electron chi connectivity index (χ4n) is 3.02. The van der Waals surface area contributed by atoms with Crippen molar-refractivity contribution in [1.29, 1.82) is 0 Å². The third-order valence-corrected chi connectivity index (χ3v) is 4.95. The summed E-state index contributed by atoms with van der Waals surface area (Å²) in [6.07, 6.45) is 6.92. The van der Waals surface area contributed by atoms with E-state index in [9.17, 15) is 9.59 Å². The molecule has 0 saturated heterocycles. The Morgan fingerprint density at radius 3 is 2.70 bits per heavy atom. The molecule has 1 aliphatic carbocycles. The van der Waals surface area contributed by atoms with Gasteiger partial charge in [0.1, 0.15) is 12.3 Å². The molecule has 1 atom stereocenters. The Morgan fingerprint density at radius 1 is 1.30 bits per heavy atom. The lowest BCUT2D eigenvalue weighted by atomic mass is 10.2. The fraction of sp³-hybridized carbons (Fsp3) is 0.421. The SMILES string of the molecule is CC(Oc1ccc(Br)cc1)C(=O)Nc1cnn(CC(=O)NC2CCCC2)c1. The third-order valence-electron chi connectivity index (χ3n) is 4.42. The van der Waals surface area contributed by atoms with Gasteiger partial charge in [0.25, 0.3) is 5.91 Å². The summed E-state index contributed by atoms with van der Waals surface area (Å²) in [7, 11) is 0. The number of ether oxygens (including phenoxy) is 1. The number of rotatable bonds is 7. The van der Waals surface area contributed by atoms with E-state index in [0.29, 0.717) is 11.4 Å². The lowest BCUT2D eigenvalue weighted by Gasteiger charge is -2.14. The average Bonchev–Trinajstić information content (AvgIpc) is 3.29. The van der Waals surface area contributed by atoms with Crippen molar-refractivity contribution in [2.45, 2.75) is 51.3 Å². The molecule has 0 spiro atoms. The first-order chi connectivity index (χ1) is 13.0. The van der Waals surface area contributed by atoms with Gasteiger partial charge in [0, 0.05) is 16.7 Å². The van der Waals surface area contributed by atoms with Crippen LogP contribution in [-0.4, -0.2) is 33.7 Å². The number of nitrogens with zero attached hydrogens (tertiary/aromatic N) is 2. The van der Waals surface area contributed by atoms with Crippen LogP contribution in [0.5, 0.6) is 5.75 Å². The van der Waals surface area contributed by atoms with E-state index >= 15 is 0 Å². The summed E-state index contributed by atoms with van der Waals surface area (Å²) in [6, 6.07) is 7.55. The number of carbonyl (C=O) groups is 2. The summed E-state index contributed by atoms with van der Waals surface area (Å²) in [4.78, 5) is 24.3. The Balaban J connectivity index is 1.48. The predicted molar refractivity (Wildman–Crippen MR) is 105 cm³/mol. The van der Waals surface area contributed by atoms with Gasteiger partial charge >= 0.3 is 0 Å². The van der Waals surface area contributed by atoms with Gasteiger partial charge in [-0.1, -0.05) is 28.8 Å². The van der Waals surface area contributed by atoms with Crippen LogP contribution in [0.15, 0.2) is 41.1 Å². The normalized spacial score (nSPS) is 15.3. The van der Waals surface area contributed by atoms with Gasteiger partial charge in [0.15, 0.2) is 6.10 Å². The molecule has 1 aromatic heterocycles. The maximum Gasteiger partial charge on any atom is 0.265 e. The van der Waals surface area contributed by atoms with Crippen LogP contribution in [0, 0.1) is 0 Å². The van der Waals surface area contributed by atoms with Crippen molar-refractivity contribution in [3.8, 4) is 5.75 Å². The largest absolute Gasteiger partial charge is 0.481 e. The van der Waals surface area contributed by atoms with E-state index in [2.05, 4.69) is 31.7 Å². The number of halogens is 1. The van der Waals surface area contributed by atoms with E-state index < -0.39 is 6.10 Å². The Morgan fingerprint density at radius 2 is 2.00 bits per heavy atom. The number of benzene rings is 1. The van der Waals surface area contributed by atoms with Gasteiger partial charge in [-0.2, -0.15) is 5.10 Å². The number of amides is 2. The lowest BCUT2D eigenvalue weighted by molar-refractivity contribution is -0.123. The molecule has 3 rings (SSSR count). The second-order valence-electron chi connectivity index (χ2n) is 6.68. The van der Waals surface area contributed by atoms with Crippen LogP contribution >= 0.6 is 15.9 Å². The second-order valence-corrected chi connectivity index (χ2v) is 7.59. The Kier molecular flexibility index (Phi) is 6.49. The van der Waals surface area contributed by atoms with Gasteiger partial charge in [-0.25, -0.2) is 0 Å². The zero-order valence-electron chi connectivity index (χ0n) is 15.2. The Bertz CT molecular complexity index is 785. The zero-order chi connectivity index (χ0) is 19.2. The molecular formula is C19H23BrN4O3. The van der Waals surface area contributed by atoms with Gasteiger partial charge in [-0.05, 0) is 44.0 Å². The molecule has 144 valence electrons. The number of hydrogen-bond donors (Lipinski definition) is 2. The van der Waals surface area contributed by atoms with E-state index in [1.54, 1.807) is 25.3 Å². The Hall–Kier alpha value is -2.35. The highest BCUT2D eigenvalue weighted by molar-refractivity contribution is 9.10. The molecule has 0 radical (unpaired) electrons. The van der Waals surface area contributed by atoms with Crippen molar-refractivity contribution in [2.24, 2.45) is 0 Å².